The van der Waals surface area contributed by atoms with Gasteiger partial charge < -0.3 is 4.90 Å². The molecule has 2 fully saturated rings. The molecule has 2 heterocycles. The zero-order valence-corrected chi connectivity index (χ0v) is 7.42. The lowest BCUT2D eigenvalue weighted by molar-refractivity contribution is -0.134. The first-order valence-electron chi connectivity index (χ1n) is 4.39. The number of carbonyl (C=O) groups excluding carboxylic acids is 1. The molecule has 0 aromatic rings. The normalized spacial score (nSPS) is 37.2. The van der Waals surface area contributed by atoms with Crippen LogP contribution in [0.2, 0.25) is 0 Å². The summed E-state index contributed by atoms with van der Waals surface area (Å²) < 4.78 is 0. The quantitative estimate of drug-likeness (QED) is 0.493. The molecule has 2 aliphatic heterocycles. The first-order chi connectivity index (χ1) is 5.64. The van der Waals surface area contributed by atoms with E-state index in [9.17, 15) is 4.79 Å². The van der Waals surface area contributed by atoms with Crippen LogP contribution in [0.15, 0.2) is 0 Å². The lowest BCUT2D eigenvalue weighted by Crippen LogP contribution is -2.37. The van der Waals surface area contributed by atoms with Gasteiger partial charge in [0.05, 0.1) is 5.41 Å². The second kappa shape index (κ2) is 2.44. The molecule has 0 saturated carbocycles. The molecule has 1 amide bonds. The Morgan fingerprint density at radius 3 is 2.50 bits per heavy atom. The summed E-state index contributed by atoms with van der Waals surface area (Å²) in [5.41, 5.74) is -0.122. The molecule has 1 spiro atoms. The van der Waals surface area contributed by atoms with Crippen molar-refractivity contribution >= 4 is 5.91 Å². The summed E-state index contributed by atoms with van der Waals surface area (Å²) in [4.78, 5) is 13.5. The van der Waals surface area contributed by atoms with Crippen molar-refractivity contribution in [1.82, 2.24) is 9.91 Å². The Bertz CT molecular complexity index is 214. The van der Waals surface area contributed by atoms with Crippen molar-refractivity contribution in [3.63, 3.8) is 0 Å². The molecule has 0 radical (unpaired) electrons. The van der Waals surface area contributed by atoms with Crippen molar-refractivity contribution in [2.75, 3.05) is 26.7 Å². The number of hydrogen-bond acceptors (Lipinski definition) is 3. The summed E-state index contributed by atoms with van der Waals surface area (Å²) in [5.74, 6) is 5.95. The fraction of sp³-hybridized carbons (Fsp3) is 0.875. The Hall–Kier alpha value is -0.610. The lowest BCUT2D eigenvalue weighted by Gasteiger charge is -2.20. The van der Waals surface area contributed by atoms with Gasteiger partial charge in [-0.05, 0) is 12.8 Å². The number of nitrogens with two attached hydrogens (primary N) is 1. The summed E-state index contributed by atoms with van der Waals surface area (Å²) in [6.07, 6.45) is 1.92. The van der Waals surface area contributed by atoms with E-state index in [2.05, 4.69) is 0 Å². The van der Waals surface area contributed by atoms with E-state index in [0.717, 1.165) is 32.5 Å². The molecule has 1 atom stereocenters. The summed E-state index contributed by atoms with van der Waals surface area (Å²) in [6.45, 7) is 2.50. The second-order valence-electron chi connectivity index (χ2n) is 3.98. The molecule has 12 heavy (non-hydrogen) atoms. The van der Waals surface area contributed by atoms with Crippen LogP contribution < -0.4 is 5.84 Å². The van der Waals surface area contributed by atoms with Crippen molar-refractivity contribution in [2.45, 2.75) is 12.8 Å². The average Bonchev–Trinajstić information content (AvgIpc) is 2.53. The Labute approximate surface area is 72.3 Å². The number of hydrazine groups is 1. The third kappa shape index (κ3) is 0.949. The largest absolute Gasteiger partial charge is 0.345 e. The summed E-state index contributed by atoms with van der Waals surface area (Å²) >= 11 is 0. The van der Waals surface area contributed by atoms with Gasteiger partial charge in [0.2, 0.25) is 5.91 Å². The number of likely N-dealkylation sites (tertiary alicyclic amines) is 1. The Kier molecular flexibility index (Phi) is 1.63. The zero-order valence-electron chi connectivity index (χ0n) is 7.42. The molecule has 0 aromatic carbocycles. The molecule has 68 valence electrons. The lowest BCUT2D eigenvalue weighted by atomic mass is 9.86. The van der Waals surface area contributed by atoms with Gasteiger partial charge in [-0.2, -0.15) is 0 Å². The van der Waals surface area contributed by atoms with Crippen LogP contribution in [-0.2, 0) is 4.79 Å². The molecule has 1 unspecified atom stereocenters. The Balaban J connectivity index is 2.18. The van der Waals surface area contributed by atoms with Gasteiger partial charge in [-0.25, -0.2) is 5.01 Å². The molecule has 2 aliphatic rings. The molecule has 2 saturated heterocycles. The maximum Gasteiger partial charge on any atom is 0.230 e. The first kappa shape index (κ1) is 8.01. The van der Waals surface area contributed by atoms with Crippen LogP contribution in [0.25, 0.3) is 0 Å². The maximum absolute atomic E-state index is 11.7. The van der Waals surface area contributed by atoms with Crippen LogP contribution in [0.3, 0.4) is 0 Å². The van der Waals surface area contributed by atoms with E-state index < -0.39 is 0 Å². The number of hydrogen-bond donors (Lipinski definition) is 1. The van der Waals surface area contributed by atoms with Crippen LogP contribution in [0.4, 0.5) is 0 Å². The number of amides is 1. The highest BCUT2D eigenvalue weighted by Crippen LogP contribution is 2.38. The van der Waals surface area contributed by atoms with Crippen molar-refractivity contribution in [3.05, 3.63) is 0 Å². The topological polar surface area (TPSA) is 49.6 Å². The molecule has 0 aromatic heterocycles. The van der Waals surface area contributed by atoms with Crippen LogP contribution in [0.5, 0.6) is 0 Å². The van der Waals surface area contributed by atoms with Gasteiger partial charge in [0.1, 0.15) is 0 Å². The van der Waals surface area contributed by atoms with E-state index in [0.29, 0.717) is 0 Å². The van der Waals surface area contributed by atoms with Gasteiger partial charge in [0.15, 0.2) is 0 Å². The highest BCUT2D eigenvalue weighted by molar-refractivity contribution is 5.85. The van der Waals surface area contributed by atoms with Gasteiger partial charge in [-0.15, -0.1) is 0 Å². The van der Waals surface area contributed by atoms with Gasteiger partial charge in [0, 0.05) is 26.7 Å². The molecule has 0 aliphatic carbocycles. The van der Waals surface area contributed by atoms with Crippen LogP contribution in [0.1, 0.15) is 12.8 Å². The van der Waals surface area contributed by atoms with Gasteiger partial charge in [-0.1, -0.05) is 0 Å². The van der Waals surface area contributed by atoms with E-state index in [1.54, 1.807) is 5.01 Å². The number of nitrogens with zero attached hydrogens (tertiary/aromatic N) is 2. The molecule has 0 bridgehead atoms. The molecular weight excluding hydrogens is 154 g/mol. The van der Waals surface area contributed by atoms with Crippen molar-refractivity contribution in [1.29, 1.82) is 0 Å². The third-order valence-electron chi connectivity index (χ3n) is 3.11. The minimum Gasteiger partial charge on any atom is -0.345 e. The van der Waals surface area contributed by atoms with E-state index in [-0.39, 0.29) is 11.3 Å². The summed E-state index contributed by atoms with van der Waals surface area (Å²) in [5, 5.41) is 1.76. The smallest absolute Gasteiger partial charge is 0.230 e. The van der Waals surface area contributed by atoms with E-state index in [1.165, 1.54) is 0 Å². The summed E-state index contributed by atoms with van der Waals surface area (Å²) in [7, 11) is 1.87. The third-order valence-corrected chi connectivity index (χ3v) is 3.11. The average molecular weight is 169 g/mol. The van der Waals surface area contributed by atoms with Crippen molar-refractivity contribution in [3.8, 4) is 0 Å². The SMILES string of the molecule is CN1CCC2(CCN(N)C2)C1=O. The van der Waals surface area contributed by atoms with E-state index >= 15 is 0 Å². The fourth-order valence-electron chi connectivity index (χ4n) is 2.28. The number of rotatable bonds is 0. The van der Waals surface area contributed by atoms with Crippen LogP contribution >= 0.6 is 0 Å². The van der Waals surface area contributed by atoms with Gasteiger partial charge in [-0.3, -0.25) is 10.6 Å². The van der Waals surface area contributed by atoms with Crippen LogP contribution in [-0.4, -0.2) is 42.5 Å². The molecule has 4 heteroatoms. The van der Waals surface area contributed by atoms with Gasteiger partial charge >= 0.3 is 0 Å². The zero-order chi connectivity index (χ0) is 8.77. The first-order valence-corrected chi connectivity index (χ1v) is 4.39. The van der Waals surface area contributed by atoms with Crippen LogP contribution in [0, 0.1) is 5.41 Å². The van der Waals surface area contributed by atoms with Gasteiger partial charge in [0.25, 0.3) is 0 Å². The molecule has 4 nitrogen and oxygen atoms in total. The maximum atomic E-state index is 11.7. The monoisotopic (exact) mass is 169 g/mol. The molecular formula is C8H15N3O. The Morgan fingerprint density at radius 1 is 1.42 bits per heavy atom. The fourth-order valence-corrected chi connectivity index (χ4v) is 2.28. The predicted octanol–water partition coefficient (Wildman–Crippen LogP) is -0.586. The second-order valence-corrected chi connectivity index (χ2v) is 3.98. The standard InChI is InChI=1S/C8H15N3O/c1-10-4-2-8(7(10)12)3-5-11(9)6-8/h2-6,9H2,1H3. The van der Waals surface area contributed by atoms with E-state index in [1.807, 2.05) is 11.9 Å². The highest BCUT2D eigenvalue weighted by atomic mass is 16.2. The van der Waals surface area contributed by atoms with E-state index in [4.69, 9.17) is 5.84 Å². The highest BCUT2D eigenvalue weighted by Gasteiger charge is 2.48. The minimum absolute atomic E-state index is 0.122. The van der Waals surface area contributed by atoms with Crippen molar-refractivity contribution in [2.24, 2.45) is 11.3 Å². The molecule has 2 N–H and O–H groups in total. The number of carbonyl (C=O) groups is 1. The Morgan fingerprint density at radius 2 is 2.08 bits per heavy atom. The summed E-state index contributed by atoms with van der Waals surface area (Å²) in [6, 6.07) is 0. The predicted molar refractivity (Wildman–Crippen MR) is 45.1 cm³/mol. The minimum atomic E-state index is -0.122. The van der Waals surface area contributed by atoms with Crippen molar-refractivity contribution < 1.29 is 4.79 Å². The molecule has 2 rings (SSSR count).